The Morgan fingerprint density at radius 2 is 1.71 bits per heavy atom. The maximum absolute atomic E-state index is 12.6. The first kappa shape index (κ1) is 20.8. The molecule has 1 amide bonds. The molecule has 150 valence electrons. The highest BCUT2D eigenvalue weighted by Gasteiger charge is 2.27. The lowest BCUT2D eigenvalue weighted by atomic mass is 10.2. The lowest BCUT2D eigenvalue weighted by Crippen LogP contribution is -2.50. The summed E-state index contributed by atoms with van der Waals surface area (Å²) in [5.74, 6) is -0.131. The third-order valence-electron chi connectivity index (χ3n) is 4.83. The van der Waals surface area contributed by atoms with E-state index in [0.29, 0.717) is 36.9 Å². The number of carbonyl (C=O) groups excluding carboxylic acids is 1. The number of anilines is 1. The van der Waals surface area contributed by atoms with E-state index in [0.717, 1.165) is 11.1 Å². The number of hydrogen-bond donors (Lipinski definition) is 1. The molecule has 1 N–H and O–H groups in total. The number of carbonyl (C=O) groups is 1. The van der Waals surface area contributed by atoms with Gasteiger partial charge in [0.25, 0.3) is 0 Å². The minimum atomic E-state index is -3.36. The predicted octanol–water partition coefficient (Wildman–Crippen LogP) is 2.73. The van der Waals surface area contributed by atoms with Crippen LogP contribution in [0.4, 0.5) is 5.69 Å². The van der Waals surface area contributed by atoms with Crippen LogP contribution in [0.5, 0.6) is 0 Å². The smallest absolute Gasteiger partial charge is 0.238 e. The average molecular weight is 422 g/mol. The second-order valence-electron chi connectivity index (χ2n) is 6.88. The summed E-state index contributed by atoms with van der Waals surface area (Å²) in [6.07, 6.45) is 0. The summed E-state index contributed by atoms with van der Waals surface area (Å²) in [6, 6.07) is 14.6. The Bertz CT molecular complexity index is 927. The molecule has 2 aromatic carbocycles. The van der Waals surface area contributed by atoms with Crippen LogP contribution in [0.1, 0.15) is 11.1 Å². The highest BCUT2D eigenvalue weighted by Crippen LogP contribution is 2.23. The van der Waals surface area contributed by atoms with Crippen molar-refractivity contribution in [1.82, 2.24) is 9.21 Å². The van der Waals surface area contributed by atoms with Gasteiger partial charge < -0.3 is 5.32 Å². The third-order valence-corrected chi connectivity index (χ3v) is 7.09. The first-order valence-corrected chi connectivity index (χ1v) is 11.1. The Morgan fingerprint density at radius 3 is 2.39 bits per heavy atom. The van der Waals surface area contributed by atoms with Crippen molar-refractivity contribution in [3.63, 3.8) is 0 Å². The van der Waals surface area contributed by atoms with E-state index < -0.39 is 10.0 Å². The highest BCUT2D eigenvalue weighted by atomic mass is 35.5. The number of nitrogens with zero attached hydrogens (tertiary/aromatic N) is 2. The highest BCUT2D eigenvalue weighted by molar-refractivity contribution is 7.88. The van der Waals surface area contributed by atoms with E-state index in [2.05, 4.69) is 5.32 Å². The van der Waals surface area contributed by atoms with Crippen molar-refractivity contribution in [1.29, 1.82) is 0 Å². The van der Waals surface area contributed by atoms with Crippen molar-refractivity contribution < 1.29 is 13.2 Å². The molecule has 1 aliphatic rings. The van der Waals surface area contributed by atoms with Gasteiger partial charge in [0, 0.05) is 36.9 Å². The minimum absolute atomic E-state index is 0.00235. The fourth-order valence-corrected chi connectivity index (χ4v) is 4.87. The molecule has 0 atom stereocenters. The molecule has 0 spiro atoms. The second-order valence-corrected chi connectivity index (χ2v) is 9.25. The Kier molecular flexibility index (Phi) is 6.72. The molecule has 1 aliphatic heterocycles. The molecular weight excluding hydrogens is 398 g/mol. The Hall–Kier alpha value is -1.93. The third kappa shape index (κ3) is 5.32. The van der Waals surface area contributed by atoms with Gasteiger partial charge in [-0.1, -0.05) is 48.0 Å². The van der Waals surface area contributed by atoms with Gasteiger partial charge >= 0.3 is 0 Å². The largest absolute Gasteiger partial charge is 0.325 e. The van der Waals surface area contributed by atoms with Crippen molar-refractivity contribution in [2.75, 3.05) is 38.0 Å². The number of nitrogens with one attached hydrogen (secondary N) is 1. The second kappa shape index (κ2) is 9.05. The van der Waals surface area contributed by atoms with Gasteiger partial charge in [-0.3, -0.25) is 9.69 Å². The van der Waals surface area contributed by atoms with E-state index in [1.807, 2.05) is 48.2 Å². The lowest BCUT2D eigenvalue weighted by Gasteiger charge is -2.33. The number of sulfonamides is 1. The normalized spacial score (nSPS) is 16.1. The van der Waals surface area contributed by atoms with Gasteiger partial charge in [-0.15, -0.1) is 0 Å². The van der Waals surface area contributed by atoms with E-state index in [9.17, 15) is 13.2 Å². The quantitative estimate of drug-likeness (QED) is 0.778. The summed E-state index contributed by atoms with van der Waals surface area (Å²) < 4.78 is 26.7. The number of piperazine rings is 1. The Morgan fingerprint density at radius 1 is 1.04 bits per heavy atom. The molecule has 8 heteroatoms. The Labute approximate surface area is 171 Å². The van der Waals surface area contributed by atoms with Gasteiger partial charge in [-0.25, -0.2) is 8.42 Å². The molecule has 0 aromatic heterocycles. The molecule has 0 unspecified atom stereocenters. The van der Waals surface area contributed by atoms with Crippen molar-refractivity contribution >= 4 is 33.2 Å². The van der Waals surface area contributed by atoms with E-state index >= 15 is 0 Å². The molecule has 1 fully saturated rings. The predicted molar refractivity (Wildman–Crippen MR) is 112 cm³/mol. The number of benzene rings is 2. The molecule has 0 aliphatic carbocycles. The number of hydrogen-bond acceptors (Lipinski definition) is 4. The van der Waals surface area contributed by atoms with Gasteiger partial charge in [0.2, 0.25) is 15.9 Å². The number of halogens is 1. The first-order valence-electron chi connectivity index (χ1n) is 9.14. The van der Waals surface area contributed by atoms with Crippen LogP contribution in [0, 0.1) is 6.92 Å². The molecule has 0 radical (unpaired) electrons. The van der Waals surface area contributed by atoms with Crippen LogP contribution in [-0.2, 0) is 20.6 Å². The summed E-state index contributed by atoms with van der Waals surface area (Å²) in [5.41, 5.74) is 2.30. The molecule has 1 heterocycles. The average Bonchev–Trinajstić information content (AvgIpc) is 2.66. The van der Waals surface area contributed by atoms with Crippen molar-refractivity contribution in [3.05, 3.63) is 64.7 Å². The fraction of sp³-hybridized carbons (Fsp3) is 0.350. The van der Waals surface area contributed by atoms with Crippen LogP contribution in [0.3, 0.4) is 0 Å². The minimum Gasteiger partial charge on any atom is -0.325 e. The SMILES string of the molecule is Cc1c(Cl)cccc1NC(=O)CN1CCN(S(=O)(=O)Cc2ccccc2)CC1. The van der Waals surface area contributed by atoms with Crippen LogP contribution in [0.25, 0.3) is 0 Å². The van der Waals surface area contributed by atoms with Crippen molar-refractivity contribution in [3.8, 4) is 0 Å². The topological polar surface area (TPSA) is 69.7 Å². The van der Waals surface area contributed by atoms with E-state index in [-0.39, 0.29) is 18.2 Å². The number of amides is 1. The molecule has 28 heavy (non-hydrogen) atoms. The summed E-state index contributed by atoms with van der Waals surface area (Å²) in [7, 11) is -3.36. The van der Waals surface area contributed by atoms with Crippen molar-refractivity contribution in [2.45, 2.75) is 12.7 Å². The van der Waals surface area contributed by atoms with Gasteiger partial charge in [0.15, 0.2) is 0 Å². The maximum Gasteiger partial charge on any atom is 0.238 e. The van der Waals surface area contributed by atoms with Crippen molar-refractivity contribution in [2.24, 2.45) is 0 Å². The zero-order chi connectivity index (χ0) is 20.1. The number of rotatable bonds is 6. The monoisotopic (exact) mass is 421 g/mol. The maximum atomic E-state index is 12.6. The summed E-state index contributed by atoms with van der Waals surface area (Å²) in [5, 5.41) is 3.48. The molecule has 3 rings (SSSR count). The molecule has 0 saturated carbocycles. The zero-order valence-electron chi connectivity index (χ0n) is 15.8. The Balaban J connectivity index is 1.51. The van der Waals surface area contributed by atoms with Gasteiger partial charge in [-0.05, 0) is 30.2 Å². The molecule has 0 bridgehead atoms. The van der Waals surface area contributed by atoms with Gasteiger partial charge in [-0.2, -0.15) is 4.31 Å². The zero-order valence-corrected chi connectivity index (χ0v) is 17.3. The van der Waals surface area contributed by atoms with Crippen LogP contribution in [0.2, 0.25) is 5.02 Å². The van der Waals surface area contributed by atoms with Crippen LogP contribution in [0.15, 0.2) is 48.5 Å². The first-order chi connectivity index (χ1) is 13.3. The van der Waals surface area contributed by atoms with Crippen LogP contribution in [-0.4, -0.2) is 56.3 Å². The standard InChI is InChI=1S/C20H24ClN3O3S/c1-16-18(21)8-5-9-19(16)22-20(25)14-23-10-12-24(13-11-23)28(26,27)15-17-6-3-2-4-7-17/h2-9H,10-15H2,1H3,(H,22,25). The van der Waals surface area contributed by atoms with Crippen LogP contribution < -0.4 is 5.32 Å². The van der Waals surface area contributed by atoms with Gasteiger partial charge in [0.05, 0.1) is 12.3 Å². The fourth-order valence-electron chi connectivity index (χ4n) is 3.18. The molecule has 6 nitrogen and oxygen atoms in total. The molecular formula is C20H24ClN3O3S. The lowest BCUT2D eigenvalue weighted by molar-refractivity contribution is -0.117. The summed E-state index contributed by atoms with van der Waals surface area (Å²) in [4.78, 5) is 14.3. The van der Waals surface area contributed by atoms with E-state index in [1.165, 1.54) is 4.31 Å². The summed E-state index contributed by atoms with van der Waals surface area (Å²) in [6.45, 7) is 3.90. The molecule has 1 saturated heterocycles. The van der Waals surface area contributed by atoms with E-state index in [4.69, 9.17) is 11.6 Å². The summed E-state index contributed by atoms with van der Waals surface area (Å²) >= 11 is 6.08. The molecule has 2 aromatic rings. The van der Waals surface area contributed by atoms with Gasteiger partial charge in [0.1, 0.15) is 0 Å². The van der Waals surface area contributed by atoms with Crippen LogP contribution >= 0.6 is 11.6 Å². The van der Waals surface area contributed by atoms with E-state index in [1.54, 1.807) is 12.1 Å².